The lowest BCUT2D eigenvalue weighted by Crippen LogP contribution is -2.02. The zero-order valence-corrected chi connectivity index (χ0v) is 10.5. The first-order valence-corrected chi connectivity index (χ1v) is 5.70. The molecule has 0 bridgehead atoms. The Bertz CT molecular complexity index is 663. The van der Waals surface area contributed by atoms with E-state index in [0.717, 1.165) is 0 Å². The van der Waals surface area contributed by atoms with Crippen molar-refractivity contribution in [2.24, 2.45) is 0 Å². The molecule has 0 radical (unpaired) electrons. The molecule has 98 valence electrons. The molecule has 0 aromatic heterocycles. The quantitative estimate of drug-likeness (QED) is 0.889. The van der Waals surface area contributed by atoms with Crippen LogP contribution in [0.4, 0.5) is 8.78 Å². The molecule has 19 heavy (non-hydrogen) atoms. The number of hydrogen-bond acceptors (Lipinski definition) is 1. The lowest BCUT2D eigenvalue weighted by molar-refractivity contribution is 0.0692. The van der Waals surface area contributed by atoms with Gasteiger partial charge in [0.2, 0.25) is 0 Å². The predicted octanol–water partition coefficient (Wildman–Crippen LogP) is 3.95. The van der Waals surface area contributed by atoms with E-state index in [-0.39, 0.29) is 11.4 Å². The van der Waals surface area contributed by atoms with E-state index >= 15 is 0 Å². The van der Waals surface area contributed by atoms with Gasteiger partial charge in [-0.15, -0.1) is 0 Å². The summed E-state index contributed by atoms with van der Waals surface area (Å²) in [5, 5.41) is 8.84. The van der Waals surface area contributed by atoms with E-state index in [9.17, 15) is 13.6 Å². The van der Waals surface area contributed by atoms with Crippen molar-refractivity contribution in [2.45, 2.75) is 13.8 Å². The molecule has 0 atom stereocenters. The Labute approximate surface area is 109 Å². The minimum atomic E-state index is -1.30. The van der Waals surface area contributed by atoms with Gasteiger partial charge >= 0.3 is 5.97 Å². The van der Waals surface area contributed by atoms with Crippen LogP contribution in [-0.4, -0.2) is 11.1 Å². The maximum atomic E-state index is 13.7. The number of carbonyl (C=O) groups is 1. The second-order valence-corrected chi connectivity index (χ2v) is 4.42. The van der Waals surface area contributed by atoms with Crippen LogP contribution in [0.3, 0.4) is 0 Å². The minimum Gasteiger partial charge on any atom is -0.478 e. The number of aryl methyl sites for hydroxylation is 2. The largest absolute Gasteiger partial charge is 0.478 e. The molecule has 0 amide bonds. The second kappa shape index (κ2) is 4.80. The van der Waals surface area contributed by atoms with Crippen molar-refractivity contribution in [3.63, 3.8) is 0 Å². The van der Waals surface area contributed by atoms with Crippen molar-refractivity contribution in [3.8, 4) is 11.1 Å². The van der Waals surface area contributed by atoms with E-state index in [2.05, 4.69) is 0 Å². The molecule has 0 fully saturated rings. The molecule has 2 nitrogen and oxygen atoms in total. The summed E-state index contributed by atoms with van der Waals surface area (Å²) >= 11 is 0. The van der Waals surface area contributed by atoms with Crippen LogP contribution >= 0.6 is 0 Å². The lowest BCUT2D eigenvalue weighted by atomic mass is 9.96. The van der Waals surface area contributed by atoms with Gasteiger partial charge in [-0.05, 0) is 60.4 Å². The topological polar surface area (TPSA) is 37.3 Å². The first kappa shape index (κ1) is 13.2. The van der Waals surface area contributed by atoms with Crippen LogP contribution in [0.5, 0.6) is 0 Å². The van der Waals surface area contributed by atoms with Gasteiger partial charge in [-0.3, -0.25) is 0 Å². The van der Waals surface area contributed by atoms with Crippen LogP contribution in [0.15, 0.2) is 30.3 Å². The Morgan fingerprint density at radius 3 is 2.26 bits per heavy atom. The summed E-state index contributed by atoms with van der Waals surface area (Å²) in [7, 11) is 0. The van der Waals surface area contributed by atoms with Gasteiger partial charge in [0.15, 0.2) is 0 Å². The van der Waals surface area contributed by atoms with Gasteiger partial charge in [0.1, 0.15) is 11.6 Å². The number of carboxylic acids is 1. The number of carboxylic acid groups (broad SMARTS) is 1. The molecule has 0 saturated heterocycles. The Balaban J connectivity index is 2.60. The summed E-state index contributed by atoms with van der Waals surface area (Å²) in [6.45, 7) is 3.32. The molecule has 0 aliphatic carbocycles. The van der Waals surface area contributed by atoms with Crippen molar-refractivity contribution in [1.29, 1.82) is 0 Å². The molecule has 2 aromatic rings. The maximum Gasteiger partial charge on any atom is 0.338 e. The van der Waals surface area contributed by atoms with Crippen molar-refractivity contribution in [2.75, 3.05) is 0 Å². The zero-order valence-electron chi connectivity index (χ0n) is 10.5. The van der Waals surface area contributed by atoms with Crippen LogP contribution in [-0.2, 0) is 0 Å². The highest BCUT2D eigenvalue weighted by Gasteiger charge is 2.14. The third kappa shape index (κ3) is 2.47. The first-order valence-electron chi connectivity index (χ1n) is 5.70. The number of hydrogen-bond donors (Lipinski definition) is 1. The molecule has 2 rings (SSSR count). The normalized spacial score (nSPS) is 10.5. The predicted molar refractivity (Wildman–Crippen MR) is 68.2 cm³/mol. The summed E-state index contributed by atoms with van der Waals surface area (Å²) in [4.78, 5) is 10.8. The smallest absolute Gasteiger partial charge is 0.338 e. The van der Waals surface area contributed by atoms with E-state index in [0.29, 0.717) is 22.3 Å². The molecule has 0 heterocycles. The van der Waals surface area contributed by atoms with E-state index in [1.165, 1.54) is 18.2 Å². The van der Waals surface area contributed by atoms with Crippen molar-refractivity contribution in [1.82, 2.24) is 0 Å². The number of benzene rings is 2. The molecule has 0 saturated carbocycles. The second-order valence-electron chi connectivity index (χ2n) is 4.42. The SMILES string of the molecule is Cc1cc(-c2cc(F)c(C(=O)O)cc2C)ccc1F. The summed E-state index contributed by atoms with van der Waals surface area (Å²) in [6, 6.07) is 6.92. The van der Waals surface area contributed by atoms with Gasteiger partial charge in [0.05, 0.1) is 5.56 Å². The molecule has 4 heteroatoms. The molecule has 1 N–H and O–H groups in total. The van der Waals surface area contributed by atoms with Crippen LogP contribution in [0.1, 0.15) is 21.5 Å². The molecule has 2 aromatic carbocycles. The minimum absolute atomic E-state index is 0.330. The van der Waals surface area contributed by atoms with E-state index in [1.807, 2.05) is 0 Å². The highest BCUT2D eigenvalue weighted by Crippen LogP contribution is 2.27. The van der Waals surface area contributed by atoms with Crippen molar-refractivity contribution >= 4 is 5.97 Å². The first-order chi connectivity index (χ1) is 8.90. The summed E-state index contributed by atoms with van der Waals surface area (Å²) < 4.78 is 26.9. The van der Waals surface area contributed by atoms with Gasteiger partial charge in [0, 0.05) is 0 Å². The average molecular weight is 262 g/mol. The molecular weight excluding hydrogens is 250 g/mol. The van der Waals surface area contributed by atoms with Gasteiger partial charge in [-0.1, -0.05) is 6.07 Å². The fourth-order valence-electron chi connectivity index (χ4n) is 1.97. The van der Waals surface area contributed by atoms with E-state index in [1.54, 1.807) is 26.0 Å². The summed E-state index contributed by atoms with van der Waals surface area (Å²) in [6.07, 6.45) is 0. The van der Waals surface area contributed by atoms with Crippen LogP contribution in [0.25, 0.3) is 11.1 Å². The number of aromatic carboxylic acids is 1. The van der Waals surface area contributed by atoms with Gasteiger partial charge in [-0.2, -0.15) is 0 Å². The Kier molecular flexibility index (Phi) is 3.34. The van der Waals surface area contributed by atoms with Crippen LogP contribution < -0.4 is 0 Å². The number of halogens is 2. The zero-order chi connectivity index (χ0) is 14.2. The fraction of sp³-hybridized carbons (Fsp3) is 0.133. The molecule has 0 unspecified atom stereocenters. The molecule has 0 aliphatic heterocycles. The Morgan fingerprint density at radius 2 is 1.68 bits per heavy atom. The molecule has 0 spiro atoms. The fourth-order valence-corrected chi connectivity index (χ4v) is 1.97. The van der Waals surface area contributed by atoms with Crippen LogP contribution in [0.2, 0.25) is 0 Å². The average Bonchev–Trinajstić information content (AvgIpc) is 2.35. The lowest BCUT2D eigenvalue weighted by Gasteiger charge is -2.09. The monoisotopic (exact) mass is 262 g/mol. The van der Waals surface area contributed by atoms with Crippen LogP contribution in [0, 0.1) is 25.5 Å². The highest BCUT2D eigenvalue weighted by atomic mass is 19.1. The van der Waals surface area contributed by atoms with E-state index in [4.69, 9.17) is 5.11 Å². The van der Waals surface area contributed by atoms with Gasteiger partial charge in [-0.25, -0.2) is 13.6 Å². The number of rotatable bonds is 2. The van der Waals surface area contributed by atoms with Gasteiger partial charge < -0.3 is 5.11 Å². The third-order valence-electron chi connectivity index (χ3n) is 3.01. The van der Waals surface area contributed by atoms with Gasteiger partial charge in [0.25, 0.3) is 0 Å². The Hall–Kier alpha value is -2.23. The Morgan fingerprint density at radius 1 is 1.00 bits per heavy atom. The summed E-state index contributed by atoms with van der Waals surface area (Å²) in [5.41, 5.74) is 1.95. The highest BCUT2D eigenvalue weighted by molar-refractivity contribution is 5.89. The standard InChI is InChI=1S/C15H12F2O2/c1-8-6-12(15(18)19)14(17)7-11(8)10-3-4-13(16)9(2)5-10/h3-7H,1-2H3,(H,18,19). The molecular formula is C15H12F2O2. The van der Waals surface area contributed by atoms with E-state index < -0.39 is 11.8 Å². The van der Waals surface area contributed by atoms with Crippen molar-refractivity contribution < 1.29 is 18.7 Å². The maximum absolute atomic E-state index is 13.7. The van der Waals surface area contributed by atoms with Crippen molar-refractivity contribution in [3.05, 3.63) is 58.7 Å². The molecule has 0 aliphatic rings. The summed E-state index contributed by atoms with van der Waals surface area (Å²) in [5.74, 6) is -2.43. The third-order valence-corrected chi connectivity index (χ3v) is 3.01.